The highest BCUT2D eigenvalue weighted by atomic mass is 35.5. The minimum Gasteiger partial charge on any atom is -0.375 e. The lowest BCUT2D eigenvalue weighted by Crippen LogP contribution is -2.15. The predicted octanol–water partition coefficient (Wildman–Crippen LogP) is 2.63. The summed E-state index contributed by atoms with van der Waals surface area (Å²) in [7, 11) is 1.57. The molecule has 0 aliphatic rings. The van der Waals surface area contributed by atoms with Crippen LogP contribution in [0, 0.1) is 5.82 Å². The Hall–Kier alpha value is -2.91. The SMILES string of the molecule is CO[C@@H](C)c1c(CC(=O)Cc2cc(F)c3ncnn3c2)cnc2cc(Cl)nn12. The summed E-state index contributed by atoms with van der Waals surface area (Å²) in [5.41, 5.74) is 2.58. The average molecular weight is 403 g/mol. The van der Waals surface area contributed by atoms with Crippen molar-refractivity contribution in [1.82, 2.24) is 29.2 Å². The predicted molar refractivity (Wildman–Crippen MR) is 98.8 cm³/mol. The molecule has 0 amide bonds. The van der Waals surface area contributed by atoms with E-state index in [0.29, 0.717) is 27.6 Å². The van der Waals surface area contributed by atoms with E-state index >= 15 is 0 Å². The largest absolute Gasteiger partial charge is 0.375 e. The second kappa shape index (κ2) is 7.25. The van der Waals surface area contributed by atoms with Crippen LogP contribution < -0.4 is 0 Å². The summed E-state index contributed by atoms with van der Waals surface area (Å²) in [6, 6.07) is 2.93. The number of methoxy groups -OCH3 is 1. The summed E-state index contributed by atoms with van der Waals surface area (Å²) in [5.74, 6) is -0.631. The van der Waals surface area contributed by atoms with Gasteiger partial charge in [0.25, 0.3) is 0 Å². The topological polar surface area (TPSA) is 86.7 Å². The van der Waals surface area contributed by atoms with E-state index in [9.17, 15) is 9.18 Å². The number of aromatic nitrogens is 6. The molecule has 0 N–H and O–H groups in total. The summed E-state index contributed by atoms with van der Waals surface area (Å²) in [4.78, 5) is 20.8. The van der Waals surface area contributed by atoms with Gasteiger partial charge < -0.3 is 4.74 Å². The molecule has 8 nitrogen and oxygen atoms in total. The monoisotopic (exact) mass is 402 g/mol. The smallest absolute Gasteiger partial charge is 0.191 e. The quantitative estimate of drug-likeness (QED) is 0.492. The number of rotatable bonds is 6. The first-order valence-electron chi connectivity index (χ1n) is 8.51. The van der Waals surface area contributed by atoms with Crippen molar-refractivity contribution in [2.75, 3.05) is 7.11 Å². The number of ether oxygens (including phenoxy) is 1. The van der Waals surface area contributed by atoms with Crippen LogP contribution >= 0.6 is 11.6 Å². The molecule has 0 spiro atoms. The number of hydrogen-bond donors (Lipinski definition) is 0. The number of nitrogens with zero attached hydrogens (tertiary/aromatic N) is 6. The molecule has 10 heteroatoms. The first-order chi connectivity index (χ1) is 13.5. The highest BCUT2D eigenvalue weighted by Crippen LogP contribution is 2.23. The van der Waals surface area contributed by atoms with E-state index in [1.54, 1.807) is 30.1 Å². The molecule has 0 unspecified atom stereocenters. The maximum atomic E-state index is 14.1. The van der Waals surface area contributed by atoms with Crippen molar-refractivity contribution in [3.8, 4) is 0 Å². The lowest BCUT2D eigenvalue weighted by atomic mass is 10.0. The Morgan fingerprint density at radius 2 is 2.14 bits per heavy atom. The molecule has 4 rings (SSSR count). The number of pyridine rings is 1. The molecule has 0 bridgehead atoms. The van der Waals surface area contributed by atoms with E-state index in [-0.39, 0.29) is 30.4 Å². The first-order valence-corrected chi connectivity index (χ1v) is 8.89. The fourth-order valence-corrected chi connectivity index (χ4v) is 3.35. The Bertz CT molecular complexity index is 1190. The minimum absolute atomic E-state index is 0.0470. The van der Waals surface area contributed by atoms with Gasteiger partial charge in [-0.2, -0.15) is 10.2 Å². The van der Waals surface area contributed by atoms with Gasteiger partial charge in [-0.1, -0.05) is 11.6 Å². The van der Waals surface area contributed by atoms with Crippen molar-refractivity contribution in [3.63, 3.8) is 0 Å². The number of ketones is 1. The van der Waals surface area contributed by atoms with Crippen molar-refractivity contribution in [3.05, 3.63) is 58.6 Å². The molecular weight excluding hydrogens is 387 g/mol. The Balaban J connectivity index is 1.64. The minimum atomic E-state index is -0.522. The fraction of sp³-hybridized carbons (Fsp3) is 0.278. The van der Waals surface area contributed by atoms with Gasteiger partial charge >= 0.3 is 0 Å². The van der Waals surface area contributed by atoms with E-state index in [4.69, 9.17) is 16.3 Å². The third kappa shape index (κ3) is 3.34. The summed E-state index contributed by atoms with van der Waals surface area (Å²) < 4.78 is 22.4. The van der Waals surface area contributed by atoms with Crippen LogP contribution in [0.1, 0.15) is 29.8 Å². The van der Waals surface area contributed by atoms with Gasteiger partial charge in [0.2, 0.25) is 0 Å². The number of fused-ring (bicyclic) bond motifs is 2. The lowest BCUT2D eigenvalue weighted by Gasteiger charge is -2.16. The molecule has 0 radical (unpaired) electrons. The molecule has 0 aliphatic carbocycles. The molecule has 28 heavy (non-hydrogen) atoms. The highest BCUT2D eigenvalue weighted by Gasteiger charge is 2.20. The molecule has 0 aliphatic heterocycles. The van der Waals surface area contributed by atoms with Gasteiger partial charge in [0.05, 0.1) is 11.8 Å². The Morgan fingerprint density at radius 1 is 1.32 bits per heavy atom. The van der Waals surface area contributed by atoms with E-state index in [2.05, 4.69) is 20.2 Å². The average Bonchev–Trinajstić information content (AvgIpc) is 3.26. The van der Waals surface area contributed by atoms with Crippen LogP contribution in [0.4, 0.5) is 4.39 Å². The molecule has 0 fully saturated rings. The van der Waals surface area contributed by atoms with E-state index in [1.165, 1.54) is 16.9 Å². The zero-order chi connectivity index (χ0) is 19.8. The molecule has 0 saturated heterocycles. The van der Waals surface area contributed by atoms with E-state index < -0.39 is 5.82 Å². The molecule has 0 saturated carbocycles. The second-order valence-electron chi connectivity index (χ2n) is 6.40. The highest BCUT2D eigenvalue weighted by molar-refractivity contribution is 6.29. The van der Waals surface area contributed by atoms with Crippen molar-refractivity contribution in [2.24, 2.45) is 0 Å². The Kier molecular flexibility index (Phi) is 4.78. The number of halogens is 2. The zero-order valence-corrected chi connectivity index (χ0v) is 15.9. The normalized spacial score (nSPS) is 12.7. The summed E-state index contributed by atoms with van der Waals surface area (Å²) in [6.45, 7) is 1.85. The lowest BCUT2D eigenvalue weighted by molar-refractivity contribution is -0.117. The van der Waals surface area contributed by atoms with Crippen LogP contribution in [0.3, 0.4) is 0 Å². The first kappa shape index (κ1) is 18.5. The van der Waals surface area contributed by atoms with E-state index in [1.807, 2.05) is 6.92 Å². The molecule has 4 aromatic rings. The molecule has 4 aromatic heterocycles. The number of carbonyl (C=O) groups excluding carboxylic acids is 1. The van der Waals surface area contributed by atoms with Gasteiger partial charge in [0.1, 0.15) is 12.1 Å². The van der Waals surface area contributed by atoms with Crippen molar-refractivity contribution >= 4 is 28.7 Å². The van der Waals surface area contributed by atoms with Crippen LogP contribution in [-0.2, 0) is 22.4 Å². The standard InChI is InChI=1S/C18H16ClFN6O2/c1-10(28-2)17-12(7-21-16-6-15(19)24-26(16)17)5-13(27)3-11-4-14(20)18-22-9-23-25(18)8-11/h4,6-10H,3,5H2,1-2H3/t10-/m0/s1. The Morgan fingerprint density at radius 3 is 2.93 bits per heavy atom. The van der Waals surface area contributed by atoms with Gasteiger partial charge in [0.15, 0.2) is 22.3 Å². The van der Waals surface area contributed by atoms with Crippen LogP contribution in [-0.4, -0.2) is 42.1 Å². The van der Waals surface area contributed by atoms with Gasteiger partial charge in [-0.3, -0.25) is 4.79 Å². The maximum Gasteiger partial charge on any atom is 0.191 e. The number of carbonyl (C=O) groups is 1. The molecule has 4 heterocycles. The Labute approximate surface area is 163 Å². The third-order valence-electron chi connectivity index (χ3n) is 4.49. The third-order valence-corrected chi connectivity index (χ3v) is 4.67. The number of Topliss-reactive ketones (excluding diaryl/α,β-unsaturated/α-hetero) is 1. The fourth-order valence-electron chi connectivity index (χ4n) is 3.18. The van der Waals surface area contributed by atoms with Crippen molar-refractivity contribution < 1.29 is 13.9 Å². The second-order valence-corrected chi connectivity index (χ2v) is 6.79. The molecule has 144 valence electrons. The van der Waals surface area contributed by atoms with Crippen LogP contribution in [0.15, 0.2) is 30.9 Å². The van der Waals surface area contributed by atoms with Crippen LogP contribution in [0.2, 0.25) is 5.15 Å². The zero-order valence-electron chi connectivity index (χ0n) is 15.1. The van der Waals surface area contributed by atoms with Crippen LogP contribution in [0.5, 0.6) is 0 Å². The summed E-state index contributed by atoms with van der Waals surface area (Å²) in [5, 5.41) is 8.46. The summed E-state index contributed by atoms with van der Waals surface area (Å²) in [6.07, 6.45) is 4.30. The molecule has 0 aromatic carbocycles. The molecule has 1 atom stereocenters. The van der Waals surface area contributed by atoms with Gasteiger partial charge in [0, 0.05) is 44.0 Å². The van der Waals surface area contributed by atoms with Crippen molar-refractivity contribution in [1.29, 1.82) is 0 Å². The van der Waals surface area contributed by atoms with E-state index in [0.717, 1.165) is 0 Å². The molecular formula is C18H16ClFN6O2. The van der Waals surface area contributed by atoms with Gasteiger partial charge in [-0.05, 0) is 18.6 Å². The van der Waals surface area contributed by atoms with Crippen molar-refractivity contribution in [2.45, 2.75) is 25.9 Å². The number of hydrogen-bond acceptors (Lipinski definition) is 6. The summed E-state index contributed by atoms with van der Waals surface area (Å²) >= 11 is 5.99. The van der Waals surface area contributed by atoms with Crippen LogP contribution in [0.25, 0.3) is 11.3 Å². The maximum absolute atomic E-state index is 14.1. The van der Waals surface area contributed by atoms with Gasteiger partial charge in [-0.25, -0.2) is 23.4 Å². The van der Waals surface area contributed by atoms with Gasteiger partial charge in [-0.15, -0.1) is 0 Å².